The molecule has 0 amide bonds. The number of rotatable bonds is 4. The Labute approximate surface area is 118 Å². The number of aromatic nitrogens is 1. The van der Waals surface area contributed by atoms with Crippen molar-refractivity contribution in [3.8, 4) is 5.75 Å². The minimum Gasteiger partial charge on any atom is -0.497 e. The molecule has 1 aliphatic rings. The number of anilines is 1. The first-order valence-corrected chi connectivity index (χ1v) is 6.72. The second-order valence-corrected chi connectivity index (χ2v) is 4.78. The van der Waals surface area contributed by atoms with Gasteiger partial charge in [0.1, 0.15) is 5.75 Å². The maximum Gasteiger partial charge on any atom is 0.119 e. The van der Waals surface area contributed by atoms with Gasteiger partial charge in [0.05, 0.1) is 12.8 Å². The first-order chi connectivity index (χ1) is 9.85. The third-order valence-corrected chi connectivity index (χ3v) is 3.38. The molecule has 2 aromatic rings. The van der Waals surface area contributed by atoms with Crippen LogP contribution in [0.15, 0.2) is 53.9 Å². The molecule has 0 spiro atoms. The van der Waals surface area contributed by atoms with Gasteiger partial charge in [-0.15, -0.1) is 0 Å². The predicted octanol–water partition coefficient (Wildman–Crippen LogP) is 2.90. The van der Waals surface area contributed by atoms with Gasteiger partial charge >= 0.3 is 0 Å². The van der Waals surface area contributed by atoms with Crippen molar-refractivity contribution in [3.63, 3.8) is 0 Å². The van der Waals surface area contributed by atoms with Crippen LogP contribution >= 0.6 is 0 Å². The lowest BCUT2D eigenvalue weighted by Gasteiger charge is -2.13. The topological polar surface area (TPSA) is 37.7 Å². The van der Waals surface area contributed by atoms with Gasteiger partial charge in [0.15, 0.2) is 0 Å². The number of methoxy groups -OCH3 is 1. The maximum absolute atomic E-state index is 5.17. The first-order valence-electron chi connectivity index (χ1n) is 6.72. The fourth-order valence-corrected chi connectivity index (χ4v) is 2.31. The third-order valence-electron chi connectivity index (χ3n) is 3.38. The minimum absolute atomic E-state index is 0.868. The first kappa shape index (κ1) is 12.7. The zero-order valence-corrected chi connectivity index (χ0v) is 11.5. The van der Waals surface area contributed by atoms with Gasteiger partial charge in [0.2, 0.25) is 0 Å². The quantitative estimate of drug-likeness (QED) is 0.854. The highest BCUT2D eigenvalue weighted by Crippen LogP contribution is 2.23. The summed E-state index contributed by atoms with van der Waals surface area (Å²) >= 11 is 0. The average molecular weight is 267 g/mol. The van der Waals surface area contributed by atoms with E-state index in [-0.39, 0.29) is 0 Å². The molecule has 1 aliphatic heterocycles. The van der Waals surface area contributed by atoms with E-state index in [9.17, 15) is 0 Å². The summed E-state index contributed by atoms with van der Waals surface area (Å²) in [5, 5.41) is 6.74. The van der Waals surface area contributed by atoms with Crippen molar-refractivity contribution in [3.05, 3.63) is 54.4 Å². The molecule has 4 nitrogen and oxygen atoms in total. The van der Waals surface area contributed by atoms with Crippen LogP contribution in [0.25, 0.3) is 0 Å². The number of pyridine rings is 1. The van der Waals surface area contributed by atoms with Gasteiger partial charge < -0.3 is 4.74 Å². The Morgan fingerprint density at radius 1 is 1.20 bits per heavy atom. The summed E-state index contributed by atoms with van der Waals surface area (Å²) in [6.45, 7) is 0.932. The Bertz CT molecular complexity index is 593. The second kappa shape index (κ2) is 5.74. The molecule has 3 rings (SSSR count). The van der Waals surface area contributed by atoms with Crippen molar-refractivity contribution in [2.24, 2.45) is 5.10 Å². The zero-order valence-electron chi connectivity index (χ0n) is 11.5. The molecule has 0 aliphatic carbocycles. The molecular formula is C16H17N3O. The van der Waals surface area contributed by atoms with E-state index in [1.807, 2.05) is 41.5 Å². The van der Waals surface area contributed by atoms with Gasteiger partial charge in [-0.05, 0) is 35.9 Å². The molecule has 20 heavy (non-hydrogen) atoms. The van der Waals surface area contributed by atoms with Crippen LogP contribution in [0.2, 0.25) is 0 Å². The molecule has 1 aromatic carbocycles. The monoisotopic (exact) mass is 267 g/mol. The highest BCUT2D eigenvalue weighted by atomic mass is 16.5. The summed E-state index contributed by atoms with van der Waals surface area (Å²) in [4.78, 5) is 4.14. The van der Waals surface area contributed by atoms with Crippen molar-refractivity contribution < 1.29 is 4.74 Å². The second-order valence-electron chi connectivity index (χ2n) is 4.78. The third kappa shape index (κ3) is 2.79. The molecule has 0 saturated carbocycles. The minimum atomic E-state index is 0.868. The molecule has 4 heteroatoms. The molecule has 0 radical (unpaired) electrons. The summed E-state index contributed by atoms with van der Waals surface area (Å²) in [7, 11) is 1.68. The molecule has 0 atom stereocenters. The smallest absolute Gasteiger partial charge is 0.119 e. The van der Waals surface area contributed by atoms with E-state index in [1.54, 1.807) is 13.3 Å². The Morgan fingerprint density at radius 2 is 2.05 bits per heavy atom. The van der Waals surface area contributed by atoms with Crippen molar-refractivity contribution >= 4 is 11.4 Å². The van der Waals surface area contributed by atoms with Crippen molar-refractivity contribution in [1.29, 1.82) is 0 Å². The number of ether oxygens (including phenoxy) is 1. The van der Waals surface area contributed by atoms with Gasteiger partial charge in [-0.2, -0.15) is 5.10 Å². The summed E-state index contributed by atoms with van der Waals surface area (Å²) in [5.41, 5.74) is 3.52. The number of hydrazone groups is 1. The molecule has 0 N–H and O–H groups in total. The van der Waals surface area contributed by atoms with Crippen molar-refractivity contribution in [1.82, 2.24) is 4.98 Å². The van der Waals surface area contributed by atoms with Crippen LogP contribution in [0.5, 0.6) is 5.75 Å². The lowest BCUT2D eigenvalue weighted by atomic mass is 10.1. The Hall–Kier alpha value is -2.36. The summed E-state index contributed by atoms with van der Waals surface area (Å²) in [6.07, 6.45) is 5.57. The lowest BCUT2D eigenvalue weighted by molar-refractivity contribution is 0.415. The largest absolute Gasteiger partial charge is 0.497 e. The van der Waals surface area contributed by atoms with Gasteiger partial charge in [0.25, 0.3) is 0 Å². The van der Waals surface area contributed by atoms with Crippen molar-refractivity contribution in [2.45, 2.75) is 12.8 Å². The van der Waals surface area contributed by atoms with Crippen LogP contribution in [0, 0.1) is 0 Å². The fraction of sp³-hybridized carbons (Fsp3) is 0.250. The summed E-state index contributed by atoms with van der Waals surface area (Å²) < 4.78 is 5.17. The SMILES string of the molecule is COc1ccc(N2CCC(Cc3cccnc3)=N2)cc1. The molecule has 0 saturated heterocycles. The van der Waals surface area contributed by atoms with E-state index in [0.29, 0.717) is 0 Å². The Morgan fingerprint density at radius 3 is 2.75 bits per heavy atom. The predicted molar refractivity (Wildman–Crippen MR) is 80.3 cm³/mol. The van der Waals surface area contributed by atoms with Gasteiger partial charge in [-0.3, -0.25) is 9.99 Å². The molecule has 1 aromatic heterocycles. The van der Waals surface area contributed by atoms with Crippen LogP contribution in [-0.4, -0.2) is 24.4 Å². The van der Waals surface area contributed by atoms with E-state index in [1.165, 1.54) is 11.3 Å². The van der Waals surface area contributed by atoms with Crippen LogP contribution in [0.3, 0.4) is 0 Å². The molecule has 102 valence electrons. The molecule has 0 unspecified atom stereocenters. The number of hydrogen-bond acceptors (Lipinski definition) is 4. The van der Waals surface area contributed by atoms with E-state index in [4.69, 9.17) is 9.84 Å². The summed E-state index contributed by atoms with van der Waals surface area (Å²) in [5.74, 6) is 0.868. The Kier molecular flexibility index (Phi) is 3.63. The van der Waals surface area contributed by atoms with E-state index in [2.05, 4.69) is 11.1 Å². The van der Waals surface area contributed by atoms with Crippen molar-refractivity contribution in [2.75, 3.05) is 18.7 Å². The average Bonchev–Trinajstić information content (AvgIpc) is 2.97. The number of nitrogens with zero attached hydrogens (tertiary/aromatic N) is 3. The molecule has 2 heterocycles. The number of hydrogen-bond donors (Lipinski definition) is 0. The standard InChI is InChI=1S/C16H17N3O/c1-20-16-6-4-15(5-7-16)19-10-8-14(18-19)11-13-3-2-9-17-12-13/h2-7,9,12H,8,10-11H2,1H3. The highest BCUT2D eigenvalue weighted by Gasteiger charge is 2.16. The lowest BCUT2D eigenvalue weighted by Crippen LogP contribution is -2.11. The van der Waals surface area contributed by atoms with Crippen LogP contribution < -0.4 is 9.75 Å². The van der Waals surface area contributed by atoms with E-state index in [0.717, 1.165) is 30.8 Å². The Balaban J connectivity index is 1.70. The van der Waals surface area contributed by atoms with E-state index >= 15 is 0 Å². The van der Waals surface area contributed by atoms with Gasteiger partial charge in [0, 0.05) is 37.5 Å². The molecular weight excluding hydrogens is 250 g/mol. The summed E-state index contributed by atoms with van der Waals surface area (Å²) in [6, 6.07) is 12.1. The molecule has 0 bridgehead atoms. The van der Waals surface area contributed by atoms with Crippen LogP contribution in [0.4, 0.5) is 5.69 Å². The maximum atomic E-state index is 5.17. The van der Waals surface area contributed by atoms with Crippen LogP contribution in [0.1, 0.15) is 12.0 Å². The normalized spacial score (nSPS) is 14.2. The zero-order chi connectivity index (χ0) is 13.8. The van der Waals surface area contributed by atoms with E-state index < -0.39 is 0 Å². The highest BCUT2D eigenvalue weighted by molar-refractivity contribution is 5.89. The molecule has 0 fully saturated rings. The van der Waals surface area contributed by atoms with Crippen LogP contribution in [-0.2, 0) is 6.42 Å². The van der Waals surface area contributed by atoms with Gasteiger partial charge in [-0.1, -0.05) is 6.07 Å². The van der Waals surface area contributed by atoms with Gasteiger partial charge in [-0.25, -0.2) is 0 Å². The fourth-order valence-electron chi connectivity index (χ4n) is 2.31. The number of benzene rings is 1.